The third kappa shape index (κ3) is 4.84. The predicted octanol–water partition coefficient (Wildman–Crippen LogP) is 1.90. The first kappa shape index (κ1) is 20.1. The lowest BCUT2D eigenvalue weighted by atomic mass is 9.83. The molecule has 5 rings (SSSR count). The van der Waals surface area contributed by atoms with Gasteiger partial charge in [-0.3, -0.25) is 4.90 Å². The first-order chi connectivity index (χ1) is 13.5. The Bertz CT molecular complexity index is 764. The van der Waals surface area contributed by atoms with E-state index in [1.54, 1.807) is 6.20 Å². The van der Waals surface area contributed by atoms with Crippen molar-refractivity contribution in [2.45, 2.75) is 62.6 Å². The van der Waals surface area contributed by atoms with Crippen LogP contribution in [0.2, 0.25) is 0 Å². The van der Waals surface area contributed by atoms with Crippen LogP contribution in [0.4, 0.5) is 0 Å². The van der Waals surface area contributed by atoms with Gasteiger partial charge < -0.3 is 9.47 Å². The second-order valence-electron chi connectivity index (χ2n) is 8.30. The largest absolute Gasteiger partial charge is 0.476 e. The van der Waals surface area contributed by atoms with E-state index >= 15 is 0 Å². The molecule has 0 radical (unpaired) electrons. The van der Waals surface area contributed by atoms with Crippen LogP contribution in [0.5, 0.6) is 5.88 Å². The molecule has 1 saturated heterocycles. The zero-order valence-electron chi connectivity index (χ0n) is 16.5. The summed E-state index contributed by atoms with van der Waals surface area (Å²) in [5, 5.41) is 0. The molecule has 2 atom stereocenters. The average molecular weight is 410 g/mol. The van der Waals surface area contributed by atoms with Gasteiger partial charge in [0.2, 0.25) is 15.9 Å². The minimum Gasteiger partial charge on any atom is -0.476 e. The van der Waals surface area contributed by atoms with Crippen molar-refractivity contribution in [1.82, 2.24) is 14.6 Å². The molecule has 0 unspecified atom stereocenters. The van der Waals surface area contributed by atoms with Crippen LogP contribution in [0.3, 0.4) is 0 Å². The number of hydrogen-bond acceptors (Lipinski definition) is 6. The highest BCUT2D eigenvalue weighted by atomic mass is 32.2. The summed E-state index contributed by atoms with van der Waals surface area (Å²) in [6.45, 7) is 2.78. The van der Waals surface area contributed by atoms with Crippen LogP contribution in [0, 0.1) is 0 Å². The standard InChI is InChI=1S/C20H31N3O4S/c1-28(24,25)22-18-5-3-11-23-12-13-26-20-17(4-2-10-21-20)15-6-8-16(9-7-15)27-14-19(18)23/h2,4,10,15-16,18-19,22H,3,5-9,11-14H2,1H3/t15?,16?,18-,19-/m0/s1. The summed E-state index contributed by atoms with van der Waals surface area (Å²) < 4.78 is 39.0. The van der Waals surface area contributed by atoms with E-state index in [-0.39, 0.29) is 18.2 Å². The molecule has 1 saturated carbocycles. The number of fused-ring (bicyclic) bond motifs is 5. The zero-order valence-corrected chi connectivity index (χ0v) is 17.4. The smallest absolute Gasteiger partial charge is 0.216 e. The van der Waals surface area contributed by atoms with Gasteiger partial charge in [0.25, 0.3) is 0 Å². The minimum atomic E-state index is -3.26. The molecule has 0 spiro atoms. The topological polar surface area (TPSA) is 80.8 Å². The van der Waals surface area contributed by atoms with Gasteiger partial charge in [-0.25, -0.2) is 18.1 Å². The van der Waals surface area contributed by atoms with Crippen LogP contribution >= 0.6 is 0 Å². The lowest BCUT2D eigenvalue weighted by Gasteiger charge is -2.41. The lowest BCUT2D eigenvalue weighted by molar-refractivity contribution is -0.0284. The molecule has 156 valence electrons. The SMILES string of the molecule is CS(=O)(=O)N[C@H]1CCCN2CCOc3ncccc3C3CCC(CC3)OC[C@@H]12. The summed E-state index contributed by atoms with van der Waals surface area (Å²) in [5.41, 5.74) is 1.21. The summed E-state index contributed by atoms with van der Waals surface area (Å²) in [6.07, 6.45) is 9.28. The summed E-state index contributed by atoms with van der Waals surface area (Å²) >= 11 is 0. The van der Waals surface area contributed by atoms with E-state index in [9.17, 15) is 8.42 Å². The summed E-state index contributed by atoms with van der Waals surface area (Å²) in [6, 6.07) is 4.05. The van der Waals surface area contributed by atoms with E-state index < -0.39 is 10.0 Å². The molecule has 4 heterocycles. The molecule has 1 aromatic rings. The Balaban J connectivity index is 1.55. The molecule has 8 heteroatoms. The maximum atomic E-state index is 11.9. The lowest BCUT2D eigenvalue weighted by Crippen LogP contribution is -2.58. The fourth-order valence-electron chi connectivity index (χ4n) is 4.91. The highest BCUT2D eigenvalue weighted by Gasteiger charge is 2.35. The molecule has 2 fully saturated rings. The van der Waals surface area contributed by atoms with Crippen molar-refractivity contribution in [2.24, 2.45) is 0 Å². The van der Waals surface area contributed by atoms with Gasteiger partial charge in [0.15, 0.2) is 0 Å². The molecule has 0 amide bonds. The van der Waals surface area contributed by atoms with E-state index in [1.165, 1.54) is 11.8 Å². The molecular formula is C20H31N3O4S. The molecule has 2 bridgehead atoms. The normalized spacial score (nSPS) is 32.2. The Morgan fingerprint density at radius 3 is 2.79 bits per heavy atom. The molecule has 1 aliphatic carbocycles. The van der Waals surface area contributed by atoms with E-state index in [0.29, 0.717) is 19.1 Å². The average Bonchev–Trinajstić information content (AvgIpc) is 2.69. The molecule has 1 aromatic heterocycles. The summed E-state index contributed by atoms with van der Waals surface area (Å²) in [5.74, 6) is 1.23. The molecular weight excluding hydrogens is 378 g/mol. The number of rotatable bonds is 2. The highest BCUT2D eigenvalue weighted by Crippen LogP contribution is 2.38. The van der Waals surface area contributed by atoms with Crippen molar-refractivity contribution < 1.29 is 17.9 Å². The van der Waals surface area contributed by atoms with Crippen LogP contribution in [0.1, 0.15) is 50.0 Å². The van der Waals surface area contributed by atoms with Gasteiger partial charge in [-0.2, -0.15) is 0 Å². The van der Waals surface area contributed by atoms with Crippen LogP contribution in [0.15, 0.2) is 18.3 Å². The van der Waals surface area contributed by atoms with Gasteiger partial charge in [-0.05, 0) is 57.1 Å². The van der Waals surface area contributed by atoms with Crippen LogP contribution in [0.25, 0.3) is 0 Å². The number of piperidine rings is 1. The first-order valence-electron chi connectivity index (χ1n) is 10.4. The van der Waals surface area contributed by atoms with Gasteiger partial charge in [0, 0.05) is 30.4 Å². The van der Waals surface area contributed by atoms with Crippen LogP contribution in [-0.2, 0) is 14.8 Å². The number of pyridine rings is 1. The van der Waals surface area contributed by atoms with E-state index in [2.05, 4.69) is 20.7 Å². The van der Waals surface area contributed by atoms with Crippen LogP contribution in [-0.4, -0.2) is 69.0 Å². The third-order valence-corrected chi connectivity index (χ3v) is 7.02. The van der Waals surface area contributed by atoms with Gasteiger partial charge >= 0.3 is 0 Å². The second-order valence-corrected chi connectivity index (χ2v) is 10.1. The van der Waals surface area contributed by atoms with Crippen molar-refractivity contribution in [3.8, 4) is 5.88 Å². The number of hydrogen-bond donors (Lipinski definition) is 1. The number of sulfonamides is 1. The third-order valence-electron chi connectivity index (χ3n) is 6.29. The molecule has 28 heavy (non-hydrogen) atoms. The fraction of sp³-hybridized carbons (Fsp3) is 0.750. The minimum absolute atomic E-state index is 0.0359. The monoisotopic (exact) mass is 409 g/mol. The van der Waals surface area contributed by atoms with Crippen molar-refractivity contribution in [3.63, 3.8) is 0 Å². The Hall–Kier alpha value is -1.22. The van der Waals surface area contributed by atoms with Crippen molar-refractivity contribution in [1.29, 1.82) is 0 Å². The van der Waals surface area contributed by atoms with E-state index in [1.807, 2.05) is 6.07 Å². The molecule has 4 aliphatic rings. The maximum absolute atomic E-state index is 11.9. The number of ether oxygens (including phenoxy) is 2. The molecule has 3 aliphatic heterocycles. The molecule has 1 N–H and O–H groups in total. The zero-order chi connectivity index (χ0) is 19.6. The van der Waals surface area contributed by atoms with Gasteiger partial charge in [0.05, 0.1) is 19.0 Å². The maximum Gasteiger partial charge on any atom is 0.216 e. The fourth-order valence-corrected chi connectivity index (χ4v) is 5.73. The summed E-state index contributed by atoms with van der Waals surface area (Å²) in [7, 11) is -3.26. The Kier molecular flexibility index (Phi) is 6.20. The quantitative estimate of drug-likeness (QED) is 0.804. The molecule has 0 aromatic carbocycles. The van der Waals surface area contributed by atoms with Crippen molar-refractivity contribution in [2.75, 3.05) is 32.6 Å². The number of aromatic nitrogens is 1. The van der Waals surface area contributed by atoms with E-state index in [4.69, 9.17) is 9.47 Å². The van der Waals surface area contributed by atoms with E-state index in [0.717, 1.165) is 57.5 Å². The Morgan fingerprint density at radius 1 is 1.18 bits per heavy atom. The number of nitrogens with one attached hydrogen (secondary N) is 1. The Morgan fingerprint density at radius 2 is 2.00 bits per heavy atom. The number of nitrogens with zero attached hydrogens (tertiary/aromatic N) is 2. The van der Waals surface area contributed by atoms with Gasteiger partial charge in [0.1, 0.15) is 6.61 Å². The van der Waals surface area contributed by atoms with Crippen molar-refractivity contribution >= 4 is 10.0 Å². The Labute approximate surface area is 167 Å². The van der Waals surface area contributed by atoms with Crippen LogP contribution < -0.4 is 9.46 Å². The first-order valence-corrected chi connectivity index (χ1v) is 12.3. The van der Waals surface area contributed by atoms with Gasteiger partial charge in [-0.1, -0.05) is 6.07 Å². The second kappa shape index (κ2) is 8.65. The highest BCUT2D eigenvalue weighted by molar-refractivity contribution is 7.88. The summed E-state index contributed by atoms with van der Waals surface area (Å²) in [4.78, 5) is 6.81. The van der Waals surface area contributed by atoms with Gasteiger partial charge in [-0.15, -0.1) is 0 Å². The molecule has 7 nitrogen and oxygen atoms in total. The van der Waals surface area contributed by atoms with Crippen molar-refractivity contribution in [3.05, 3.63) is 23.9 Å². The predicted molar refractivity (Wildman–Crippen MR) is 107 cm³/mol.